The zero-order valence-corrected chi connectivity index (χ0v) is 8.03. The molecule has 0 atom stereocenters. The Bertz CT molecular complexity index is 473. The lowest BCUT2D eigenvalue weighted by Crippen LogP contribution is -2.06. The number of aryl methyl sites for hydroxylation is 1. The first-order valence-electron chi connectivity index (χ1n) is 4.25. The van der Waals surface area contributed by atoms with Crippen LogP contribution in [0.15, 0.2) is 18.9 Å². The number of carbonyl (C=O) groups is 1. The van der Waals surface area contributed by atoms with Gasteiger partial charge in [-0.25, -0.2) is 14.5 Å². The molecule has 0 amide bonds. The van der Waals surface area contributed by atoms with Crippen molar-refractivity contribution in [1.29, 1.82) is 0 Å². The minimum absolute atomic E-state index is 0.0491. The van der Waals surface area contributed by atoms with Gasteiger partial charge in [0.25, 0.3) is 0 Å². The van der Waals surface area contributed by atoms with E-state index in [1.165, 1.54) is 17.3 Å². The summed E-state index contributed by atoms with van der Waals surface area (Å²) in [4.78, 5) is 14.6. The molecule has 7 heteroatoms. The van der Waals surface area contributed by atoms with Crippen LogP contribution in [0.5, 0.6) is 0 Å². The van der Waals surface area contributed by atoms with Gasteiger partial charge in [0, 0.05) is 18.8 Å². The molecule has 0 unspecified atom stereocenters. The molecule has 0 spiro atoms. The standard InChI is InChI=1S/C8H9N5O2/c1-12-2-6(7(11-12)8(14)15)3-13-5-9-4-10-13/h2,4-5H,3H2,1H3,(H,14,15). The highest BCUT2D eigenvalue weighted by molar-refractivity contribution is 5.86. The number of carboxylic acid groups (broad SMARTS) is 1. The van der Waals surface area contributed by atoms with E-state index in [1.54, 1.807) is 17.9 Å². The Balaban J connectivity index is 2.31. The van der Waals surface area contributed by atoms with Gasteiger partial charge < -0.3 is 5.11 Å². The Morgan fingerprint density at radius 2 is 2.40 bits per heavy atom. The van der Waals surface area contributed by atoms with Crippen LogP contribution in [0, 0.1) is 0 Å². The van der Waals surface area contributed by atoms with Crippen LogP contribution in [0.1, 0.15) is 16.1 Å². The van der Waals surface area contributed by atoms with Crippen molar-refractivity contribution in [2.75, 3.05) is 0 Å². The minimum atomic E-state index is -1.04. The van der Waals surface area contributed by atoms with Crippen molar-refractivity contribution < 1.29 is 9.90 Å². The monoisotopic (exact) mass is 207 g/mol. The number of rotatable bonds is 3. The van der Waals surface area contributed by atoms with Gasteiger partial charge in [0.15, 0.2) is 5.69 Å². The molecule has 2 heterocycles. The predicted molar refractivity (Wildman–Crippen MR) is 49.3 cm³/mol. The SMILES string of the molecule is Cn1cc(Cn2cncn2)c(C(=O)O)n1. The van der Waals surface area contributed by atoms with Gasteiger partial charge in [-0.05, 0) is 0 Å². The summed E-state index contributed by atoms with van der Waals surface area (Å²) in [6.45, 7) is 0.357. The maximum Gasteiger partial charge on any atom is 0.356 e. The summed E-state index contributed by atoms with van der Waals surface area (Å²) >= 11 is 0. The average Bonchev–Trinajstić information content (AvgIpc) is 2.75. The molecule has 0 aliphatic rings. The second-order valence-electron chi connectivity index (χ2n) is 3.07. The summed E-state index contributed by atoms with van der Waals surface area (Å²) in [6, 6.07) is 0. The average molecular weight is 207 g/mol. The second-order valence-corrected chi connectivity index (χ2v) is 3.07. The van der Waals surface area contributed by atoms with E-state index >= 15 is 0 Å². The van der Waals surface area contributed by atoms with Gasteiger partial charge >= 0.3 is 5.97 Å². The molecule has 2 rings (SSSR count). The number of aromatic carboxylic acids is 1. The molecule has 0 bridgehead atoms. The van der Waals surface area contributed by atoms with Gasteiger partial charge in [-0.15, -0.1) is 0 Å². The first kappa shape index (κ1) is 9.38. The Morgan fingerprint density at radius 3 is 3.00 bits per heavy atom. The van der Waals surface area contributed by atoms with Crippen LogP contribution in [-0.4, -0.2) is 35.6 Å². The summed E-state index contributed by atoms with van der Waals surface area (Å²) in [5.41, 5.74) is 0.656. The van der Waals surface area contributed by atoms with E-state index in [0.717, 1.165) is 0 Å². The molecule has 0 saturated carbocycles. The molecule has 2 aromatic heterocycles. The van der Waals surface area contributed by atoms with Gasteiger partial charge in [-0.1, -0.05) is 0 Å². The maximum absolute atomic E-state index is 10.8. The normalized spacial score (nSPS) is 10.5. The summed E-state index contributed by atoms with van der Waals surface area (Å²) in [7, 11) is 1.68. The van der Waals surface area contributed by atoms with Crippen LogP contribution in [0.4, 0.5) is 0 Å². The van der Waals surface area contributed by atoms with Crippen molar-refractivity contribution >= 4 is 5.97 Å². The van der Waals surface area contributed by atoms with Crippen LogP contribution < -0.4 is 0 Å². The van der Waals surface area contributed by atoms with E-state index in [-0.39, 0.29) is 5.69 Å². The fourth-order valence-electron chi connectivity index (χ4n) is 1.32. The van der Waals surface area contributed by atoms with Crippen molar-refractivity contribution in [1.82, 2.24) is 24.5 Å². The van der Waals surface area contributed by atoms with Crippen LogP contribution in [-0.2, 0) is 13.6 Å². The quantitative estimate of drug-likeness (QED) is 0.750. The largest absolute Gasteiger partial charge is 0.476 e. The van der Waals surface area contributed by atoms with E-state index < -0.39 is 5.97 Å². The van der Waals surface area contributed by atoms with Crippen LogP contribution in [0.25, 0.3) is 0 Å². The highest BCUT2D eigenvalue weighted by Gasteiger charge is 2.14. The predicted octanol–water partition coefficient (Wildman–Crippen LogP) is -0.242. The van der Waals surface area contributed by atoms with Crippen LogP contribution in [0.3, 0.4) is 0 Å². The van der Waals surface area contributed by atoms with Crippen LogP contribution >= 0.6 is 0 Å². The molecule has 0 aromatic carbocycles. The molecular formula is C8H9N5O2. The van der Waals surface area contributed by atoms with Crippen molar-refractivity contribution in [3.8, 4) is 0 Å². The third kappa shape index (κ3) is 1.85. The number of hydrogen-bond acceptors (Lipinski definition) is 4. The van der Waals surface area contributed by atoms with E-state index in [0.29, 0.717) is 12.1 Å². The first-order valence-corrected chi connectivity index (χ1v) is 4.25. The van der Waals surface area contributed by atoms with Gasteiger partial charge in [0.2, 0.25) is 0 Å². The summed E-state index contributed by atoms with van der Waals surface area (Å²) in [5.74, 6) is -1.04. The van der Waals surface area contributed by atoms with E-state index in [1.807, 2.05) is 0 Å². The van der Waals surface area contributed by atoms with Crippen molar-refractivity contribution in [3.63, 3.8) is 0 Å². The zero-order valence-electron chi connectivity index (χ0n) is 8.03. The van der Waals surface area contributed by atoms with E-state index in [9.17, 15) is 4.79 Å². The van der Waals surface area contributed by atoms with Gasteiger partial charge in [-0.3, -0.25) is 4.68 Å². The van der Waals surface area contributed by atoms with Crippen LogP contribution in [0.2, 0.25) is 0 Å². The maximum atomic E-state index is 10.8. The second kappa shape index (κ2) is 3.52. The van der Waals surface area contributed by atoms with Gasteiger partial charge in [0.1, 0.15) is 12.7 Å². The lowest BCUT2D eigenvalue weighted by molar-refractivity contribution is 0.0688. The highest BCUT2D eigenvalue weighted by atomic mass is 16.4. The molecule has 1 N–H and O–H groups in total. The summed E-state index contributed by atoms with van der Waals surface area (Å²) < 4.78 is 3.01. The molecular weight excluding hydrogens is 198 g/mol. The molecule has 2 aromatic rings. The summed E-state index contributed by atoms with van der Waals surface area (Å²) in [6.07, 6.45) is 4.58. The molecule has 0 aliphatic heterocycles. The molecule has 78 valence electrons. The third-order valence-corrected chi connectivity index (χ3v) is 1.91. The Hall–Kier alpha value is -2.18. The topological polar surface area (TPSA) is 85.8 Å². The Labute approximate surface area is 85.0 Å². The fourth-order valence-corrected chi connectivity index (χ4v) is 1.32. The highest BCUT2D eigenvalue weighted by Crippen LogP contribution is 2.07. The van der Waals surface area contributed by atoms with Gasteiger partial charge in [0.05, 0.1) is 6.54 Å². The number of hydrogen-bond donors (Lipinski definition) is 1. The molecule has 15 heavy (non-hydrogen) atoms. The molecule has 0 radical (unpaired) electrons. The molecule has 0 fully saturated rings. The van der Waals surface area contributed by atoms with Crippen molar-refractivity contribution in [2.24, 2.45) is 7.05 Å². The van der Waals surface area contributed by atoms with Crippen molar-refractivity contribution in [2.45, 2.75) is 6.54 Å². The third-order valence-electron chi connectivity index (χ3n) is 1.91. The summed E-state index contributed by atoms with van der Waals surface area (Å²) in [5, 5.41) is 16.6. The molecule has 0 saturated heterocycles. The zero-order chi connectivity index (χ0) is 10.8. The van der Waals surface area contributed by atoms with Gasteiger partial charge in [-0.2, -0.15) is 10.2 Å². The first-order chi connectivity index (χ1) is 7.16. The number of nitrogens with zero attached hydrogens (tertiary/aromatic N) is 5. The lowest BCUT2D eigenvalue weighted by atomic mass is 10.2. The smallest absolute Gasteiger partial charge is 0.356 e. The number of carboxylic acids is 1. The van der Waals surface area contributed by atoms with E-state index in [2.05, 4.69) is 15.2 Å². The number of aromatic nitrogens is 5. The van der Waals surface area contributed by atoms with E-state index in [4.69, 9.17) is 5.11 Å². The Morgan fingerprint density at radius 1 is 1.60 bits per heavy atom. The minimum Gasteiger partial charge on any atom is -0.476 e. The fraction of sp³-hybridized carbons (Fsp3) is 0.250. The Kier molecular flexibility index (Phi) is 2.20. The molecule has 7 nitrogen and oxygen atoms in total. The molecule has 0 aliphatic carbocycles. The van der Waals surface area contributed by atoms with Crippen molar-refractivity contribution in [3.05, 3.63) is 30.1 Å². The lowest BCUT2D eigenvalue weighted by Gasteiger charge is -1.97.